The third-order valence-corrected chi connectivity index (χ3v) is 6.23. The molecule has 1 aromatic heterocycles. The number of rotatable bonds is 7. The van der Waals surface area contributed by atoms with Crippen molar-refractivity contribution in [3.05, 3.63) is 51.8 Å². The number of amides is 2. The third-order valence-electron chi connectivity index (χ3n) is 4.95. The lowest BCUT2D eigenvalue weighted by atomic mass is 10.1. The second-order valence-corrected chi connectivity index (χ2v) is 9.08. The summed E-state index contributed by atoms with van der Waals surface area (Å²) in [4.78, 5) is 31.1. The number of nitrogens with zero attached hydrogens (tertiary/aromatic N) is 2. The van der Waals surface area contributed by atoms with Crippen molar-refractivity contribution in [3.8, 4) is 22.8 Å². The van der Waals surface area contributed by atoms with E-state index in [9.17, 15) is 9.59 Å². The van der Waals surface area contributed by atoms with E-state index in [0.717, 1.165) is 17.7 Å². The molecule has 0 spiro atoms. The molecule has 172 valence electrons. The zero-order valence-electron chi connectivity index (χ0n) is 17.9. The maximum atomic E-state index is 12.6. The highest BCUT2D eigenvalue weighted by Gasteiger charge is 2.25. The number of benzene rings is 2. The van der Waals surface area contributed by atoms with Gasteiger partial charge in [-0.05, 0) is 49.7 Å². The summed E-state index contributed by atoms with van der Waals surface area (Å²) in [6.07, 6.45) is 0.0366. The molecule has 2 aromatic carbocycles. The predicted octanol–water partition coefficient (Wildman–Crippen LogP) is 5.66. The largest absolute Gasteiger partial charge is 0.482 e. The van der Waals surface area contributed by atoms with Gasteiger partial charge in [0.05, 0.1) is 16.4 Å². The molecule has 4 rings (SSSR count). The summed E-state index contributed by atoms with van der Waals surface area (Å²) in [5, 5.41) is 5.85. The van der Waals surface area contributed by atoms with Crippen LogP contribution in [0, 0.1) is 0 Å². The highest BCUT2D eigenvalue weighted by Crippen LogP contribution is 2.37. The van der Waals surface area contributed by atoms with Crippen molar-refractivity contribution in [3.63, 3.8) is 0 Å². The van der Waals surface area contributed by atoms with Crippen LogP contribution in [-0.4, -0.2) is 36.1 Å². The first-order chi connectivity index (χ1) is 15.9. The molecule has 1 unspecified atom stereocenters. The van der Waals surface area contributed by atoms with E-state index in [-0.39, 0.29) is 18.4 Å². The molecular weight excluding hydrogens is 485 g/mol. The van der Waals surface area contributed by atoms with Crippen molar-refractivity contribution in [2.45, 2.75) is 26.4 Å². The van der Waals surface area contributed by atoms with Crippen molar-refractivity contribution in [2.24, 2.45) is 0 Å². The molecule has 1 aliphatic rings. The highest BCUT2D eigenvalue weighted by atomic mass is 35.5. The van der Waals surface area contributed by atoms with Crippen molar-refractivity contribution < 1.29 is 19.1 Å². The number of nitrogens with one attached hydrogen (secondary N) is 1. The number of carbonyl (C=O) groups excluding carboxylic acids is 2. The average molecular weight is 506 g/mol. The van der Waals surface area contributed by atoms with Crippen molar-refractivity contribution in [2.75, 3.05) is 23.4 Å². The Morgan fingerprint density at radius 3 is 2.88 bits per heavy atom. The molecule has 33 heavy (non-hydrogen) atoms. The first kappa shape index (κ1) is 23.4. The first-order valence-corrected chi connectivity index (χ1v) is 11.9. The molecular formula is C23H21Cl2N3O4S. The molecule has 1 aliphatic heterocycles. The third kappa shape index (κ3) is 5.24. The number of fused-ring (bicyclic) bond motifs is 1. The van der Waals surface area contributed by atoms with Gasteiger partial charge in [0.1, 0.15) is 11.5 Å². The van der Waals surface area contributed by atoms with E-state index in [0.29, 0.717) is 38.9 Å². The van der Waals surface area contributed by atoms with Crippen molar-refractivity contribution in [1.29, 1.82) is 0 Å². The maximum Gasteiger partial charge on any atom is 0.266 e. The summed E-state index contributed by atoms with van der Waals surface area (Å²) < 4.78 is 11.2. The summed E-state index contributed by atoms with van der Waals surface area (Å²) in [5.41, 5.74) is 2.23. The van der Waals surface area contributed by atoms with Crippen LogP contribution in [0.15, 0.2) is 41.8 Å². The van der Waals surface area contributed by atoms with E-state index in [1.807, 2.05) is 30.5 Å². The second kappa shape index (κ2) is 9.99. The number of aromatic nitrogens is 1. The summed E-state index contributed by atoms with van der Waals surface area (Å²) in [5.74, 6) is 0.608. The van der Waals surface area contributed by atoms with Gasteiger partial charge in [-0.25, -0.2) is 4.98 Å². The molecule has 0 radical (unpaired) electrons. The normalized spacial score (nSPS) is 13.8. The van der Waals surface area contributed by atoms with Gasteiger partial charge < -0.3 is 14.4 Å². The first-order valence-electron chi connectivity index (χ1n) is 10.3. The monoisotopic (exact) mass is 505 g/mol. The number of carbonyl (C=O) groups is 2. The summed E-state index contributed by atoms with van der Waals surface area (Å²) in [6.45, 7) is 4.30. The molecule has 0 bridgehead atoms. The van der Waals surface area contributed by atoms with Gasteiger partial charge in [0.15, 0.2) is 17.8 Å². The Kier molecular flexibility index (Phi) is 7.07. The van der Waals surface area contributed by atoms with Gasteiger partial charge in [-0.15, -0.1) is 11.3 Å². The van der Waals surface area contributed by atoms with E-state index < -0.39 is 6.10 Å². The van der Waals surface area contributed by atoms with Crippen molar-refractivity contribution in [1.82, 2.24) is 4.98 Å². The average Bonchev–Trinajstić information content (AvgIpc) is 3.25. The van der Waals surface area contributed by atoms with Gasteiger partial charge in [-0.2, -0.15) is 0 Å². The van der Waals surface area contributed by atoms with Crippen LogP contribution in [-0.2, 0) is 9.59 Å². The van der Waals surface area contributed by atoms with E-state index in [1.54, 1.807) is 30.0 Å². The molecule has 0 fully saturated rings. The summed E-state index contributed by atoms with van der Waals surface area (Å²) in [6, 6.07) is 10.4. The van der Waals surface area contributed by atoms with Crippen LogP contribution >= 0.6 is 34.5 Å². The van der Waals surface area contributed by atoms with Crippen LogP contribution in [0.1, 0.15) is 20.3 Å². The SMILES string of the molecule is CCCN1C(=O)COc2ccc(-c3csc(NC(=O)C(C)Oc4ccc(Cl)cc4Cl)n3)cc21. The van der Waals surface area contributed by atoms with E-state index >= 15 is 0 Å². The van der Waals surface area contributed by atoms with E-state index in [2.05, 4.69) is 10.3 Å². The van der Waals surface area contributed by atoms with Crippen LogP contribution in [0.25, 0.3) is 11.3 Å². The standard InChI is InChI=1S/C23H21Cl2N3O4S/c1-3-8-28-18-9-14(4-6-20(18)31-11-21(28)29)17-12-33-23(26-17)27-22(30)13(2)32-19-7-5-15(24)10-16(19)25/h4-7,9-10,12-13H,3,8,11H2,1-2H3,(H,26,27,30). The minimum absolute atomic E-state index is 0.0424. The fraction of sp³-hybridized carbons (Fsp3) is 0.261. The predicted molar refractivity (Wildman–Crippen MR) is 131 cm³/mol. The smallest absolute Gasteiger partial charge is 0.266 e. The quantitative estimate of drug-likeness (QED) is 0.448. The second-order valence-electron chi connectivity index (χ2n) is 7.38. The number of hydrogen-bond acceptors (Lipinski definition) is 6. The van der Waals surface area contributed by atoms with Gasteiger partial charge >= 0.3 is 0 Å². The minimum Gasteiger partial charge on any atom is -0.482 e. The molecule has 10 heteroatoms. The van der Waals surface area contributed by atoms with Gasteiger partial charge in [-0.1, -0.05) is 30.1 Å². The lowest BCUT2D eigenvalue weighted by Crippen LogP contribution is -2.39. The minimum atomic E-state index is -0.800. The number of thiazole rings is 1. The molecule has 2 amide bonds. The number of anilines is 2. The van der Waals surface area contributed by atoms with E-state index in [4.69, 9.17) is 32.7 Å². The summed E-state index contributed by atoms with van der Waals surface area (Å²) >= 11 is 13.3. The van der Waals surface area contributed by atoms with Crippen LogP contribution in [0.3, 0.4) is 0 Å². The lowest BCUT2D eigenvalue weighted by molar-refractivity contribution is -0.122. The highest BCUT2D eigenvalue weighted by molar-refractivity contribution is 7.14. The van der Waals surface area contributed by atoms with Gasteiger partial charge in [0, 0.05) is 22.5 Å². The molecule has 1 atom stereocenters. The molecule has 7 nitrogen and oxygen atoms in total. The molecule has 3 aromatic rings. The number of halogens is 2. The Bertz CT molecular complexity index is 1200. The van der Waals surface area contributed by atoms with Crippen LogP contribution in [0.4, 0.5) is 10.8 Å². The van der Waals surface area contributed by atoms with Gasteiger partial charge in [0.2, 0.25) is 0 Å². The summed E-state index contributed by atoms with van der Waals surface area (Å²) in [7, 11) is 0. The van der Waals surface area contributed by atoms with Crippen LogP contribution in [0.5, 0.6) is 11.5 Å². The molecule has 0 saturated heterocycles. The fourth-order valence-electron chi connectivity index (χ4n) is 3.32. The Hall–Kier alpha value is -2.81. The maximum absolute atomic E-state index is 12.6. The van der Waals surface area contributed by atoms with Crippen LogP contribution < -0.4 is 19.7 Å². The van der Waals surface area contributed by atoms with Crippen molar-refractivity contribution >= 4 is 57.2 Å². The molecule has 2 heterocycles. The van der Waals surface area contributed by atoms with Gasteiger partial charge in [0.25, 0.3) is 11.8 Å². The Morgan fingerprint density at radius 2 is 2.12 bits per heavy atom. The molecule has 0 aliphatic carbocycles. The van der Waals surface area contributed by atoms with Gasteiger partial charge in [-0.3, -0.25) is 14.9 Å². The molecule has 0 saturated carbocycles. The Morgan fingerprint density at radius 1 is 1.30 bits per heavy atom. The topological polar surface area (TPSA) is 80.8 Å². The van der Waals surface area contributed by atoms with E-state index in [1.165, 1.54) is 11.3 Å². The van der Waals surface area contributed by atoms with Crippen LogP contribution in [0.2, 0.25) is 10.0 Å². The zero-order chi connectivity index (χ0) is 23.5. The fourth-order valence-corrected chi connectivity index (χ4v) is 4.49. The lowest BCUT2D eigenvalue weighted by Gasteiger charge is -2.29. The Labute approximate surface area is 205 Å². The Balaban J connectivity index is 1.47. The number of ether oxygens (including phenoxy) is 2. The molecule has 1 N–H and O–H groups in total. The number of hydrogen-bond donors (Lipinski definition) is 1. The zero-order valence-corrected chi connectivity index (χ0v) is 20.3.